The SMILES string of the molecule is CCCCc1nnc(NC(=O)C(C)SC2=NC(c3ccccc3)CC(=O)N2)s1. The number of aliphatic imine (C=N–C) groups is 1. The number of amides is 2. The molecule has 3 rings (SSSR count). The quantitative estimate of drug-likeness (QED) is 0.718. The number of thioether (sulfide) groups is 1. The zero-order chi connectivity index (χ0) is 19.9. The molecule has 0 bridgehead atoms. The minimum absolute atomic E-state index is 0.0938. The van der Waals surface area contributed by atoms with Gasteiger partial charge in [-0.3, -0.25) is 19.9 Å². The van der Waals surface area contributed by atoms with E-state index in [-0.39, 0.29) is 17.9 Å². The number of carbonyl (C=O) groups is 2. The van der Waals surface area contributed by atoms with Crippen molar-refractivity contribution in [3.8, 4) is 0 Å². The molecule has 1 aromatic heterocycles. The summed E-state index contributed by atoms with van der Waals surface area (Å²) in [6, 6.07) is 9.47. The maximum absolute atomic E-state index is 12.5. The number of hydrogen-bond donors (Lipinski definition) is 2. The van der Waals surface area contributed by atoms with E-state index in [1.807, 2.05) is 30.3 Å². The molecular weight excluding hydrogens is 394 g/mol. The summed E-state index contributed by atoms with van der Waals surface area (Å²) in [5, 5.41) is 15.1. The summed E-state index contributed by atoms with van der Waals surface area (Å²) >= 11 is 2.63. The van der Waals surface area contributed by atoms with E-state index in [1.165, 1.54) is 23.1 Å². The first-order valence-corrected chi connectivity index (χ1v) is 11.0. The number of amidine groups is 1. The summed E-state index contributed by atoms with van der Waals surface area (Å²) in [6.07, 6.45) is 3.32. The zero-order valence-electron chi connectivity index (χ0n) is 15.8. The molecule has 0 saturated heterocycles. The molecule has 1 aliphatic rings. The molecule has 2 unspecified atom stereocenters. The van der Waals surface area contributed by atoms with Crippen LogP contribution < -0.4 is 10.6 Å². The van der Waals surface area contributed by atoms with Crippen molar-refractivity contribution in [2.24, 2.45) is 4.99 Å². The first kappa shape index (κ1) is 20.5. The summed E-state index contributed by atoms with van der Waals surface area (Å²) in [5.41, 5.74) is 0.987. The van der Waals surface area contributed by atoms with Crippen LogP contribution in [0.3, 0.4) is 0 Å². The van der Waals surface area contributed by atoms with E-state index in [4.69, 9.17) is 0 Å². The van der Waals surface area contributed by atoms with Gasteiger partial charge in [-0.25, -0.2) is 0 Å². The van der Waals surface area contributed by atoms with Crippen LogP contribution >= 0.6 is 23.1 Å². The molecule has 1 aromatic carbocycles. The van der Waals surface area contributed by atoms with Crippen LogP contribution in [0.5, 0.6) is 0 Å². The maximum Gasteiger partial charge on any atom is 0.239 e. The number of carbonyl (C=O) groups excluding carboxylic acids is 2. The molecule has 0 fully saturated rings. The van der Waals surface area contributed by atoms with Gasteiger partial charge in [-0.2, -0.15) is 0 Å². The number of rotatable bonds is 7. The predicted octanol–water partition coefficient (Wildman–Crippen LogP) is 3.56. The molecule has 0 aliphatic carbocycles. The van der Waals surface area contributed by atoms with Crippen molar-refractivity contribution in [1.82, 2.24) is 15.5 Å². The third-order valence-electron chi connectivity index (χ3n) is 4.18. The average molecular weight is 418 g/mol. The number of benzene rings is 1. The van der Waals surface area contributed by atoms with Gasteiger partial charge >= 0.3 is 0 Å². The third kappa shape index (κ3) is 5.62. The number of aryl methyl sites for hydroxylation is 1. The zero-order valence-corrected chi connectivity index (χ0v) is 17.5. The highest BCUT2D eigenvalue weighted by molar-refractivity contribution is 8.15. The van der Waals surface area contributed by atoms with Gasteiger partial charge in [0.2, 0.25) is 16.9 Å². The van der Waals surface area contributed by atoms with E-state index in [1.54, 1.807) is 6.92 Å². The fourth-order valence-electron chi connectivity index (χ4n) is 2.65. The second kappa shape index (κ2) is 9.79. The van der Waals surface area contributed by atoms with E-state index >= 15 is 0 Å². The number of hydrogen-bond acceptors (Lipinski definition) is 7. The fraction of sp³-hybridized carbons (Fsp3) is 0.421. The number of nitrogens with zero attached hydrogens (tertiary/aromatic N) is 3. The van der Waals surface area contributed by atoms with Crippen molar-refractivity contribution in [3.05, 3.63) is 40.9 Å². The minimum atomic E-state index is -0.434. The summed E-state index contributed by atoms with van der Waals surface area (Å²) < 4.78 is 0. The first-order chi connectivity index (χ1) is 13.5. The van der Waals surface area contributed by atoms with Gasteiger partial charge in [-0.15, -0.1) is 10.2 Å². The molecule has 2 aromatic rings. The van der Waals surface area contributed by atoms with Crippen LogP contribution in [0.2, 0.25) is 0 Å². The van der Waals surface area contributed by atoms with Crippen molar-refractivity contribution in [2.45, 2.75) is 50.8 Å². The fourth-order valence-corrected chi connectivity index (χ4v) is 4.30. The van der Waals surface area contributed by atoms with E-state index in [0.29, 0.717) is 16.7 Å². The van der Waals surface area contributed by atoms with E-state index in [2.05, 4.69) is 32.7 Å². The standard InChI is InChI=1S/C19H23N5O2S2/c1-3-4-10-16-23-24-19(28-16)22-17(26)12(2)27-18-20-14(11-15(25)21-18)13-8-6-5-7-9-13/h5-9,12,14H,3-4,10-11H2,1-2H3,(H,20,21,25)(H,22,24,26). The third-order valence-corrected chi connectivity index (χ3v) is 6.08. The highest BCUT2D eigenvalue weighted by atomic mass is 32.2. The van der Waals surface area contributed by atoms with Gasteiger partial charge in [-0.05, 0) is 18.9 Å². The van der Waals surface area contributed by atoms with Crippen LogP contribution in [-0.2, 0) is 16.0 Å². The Morgan fingerprint density at radius 3 is 2.89 bits per heavy atom. The van der Waals surface area contributed by atoms with Crippen LogP contribution in [0.25, 0.3) is 0 Å². The van der Waals surface area contributed by atoms with E-state index < -0.39 is 5.25 Å². The van der Waals surface area contributed by atoms with Gasteiger partial charge in [0.1, 0.15) is 5.01 Å². The van der Waals surface area contributed by atoms with Crippen molar-refractivity contribution in [3.63, 3.8) is 0 Å². The number of anilines is 1. The summed E-state index contributed by atoms with van der Waals surface area (Å²) in [6.45, 7) is 3.90. The van der Waals surface area contributed by atoms with Gasteiger partial charge in [0.15, 0.2) is 5.17 Å². The smallest absolute Gasteiger partial charge is 0.239 e. The molecular formula is C19H23N5O2S2. The molecule has 7 nitrogen and oxygen atoms in total. The van der Waals surface area contributed by atoms with E-state index in [9.17, 15) is 9.59 Å². The molecule has 28 heavy (non-hydrogen) atoms. The molecule has 0 spiro atoms. The lowest BCUT2D eigenvalue weighted by molar-refractivity contribution is -0.120. The number of unbranched alkanes of at least 4 members (excludes halogenated alkanes) is 1. The molecule has 2 heterocycles. The predicted molar refractivity (Wildman–Crippen MR) is 114 cm³/mol. The Hall–Kier alpha value is -2.26. The number of aromatic nitrogens is 2. The topological polar surface area (TPSA) is 96.3 Å². The molecule has 148 valence electrons. The second-order valence-corrected chi connectivity index (χ2v) is 8.86. The Labute approximate surface area is 172 Å². The van der Waals surface area contributed by atoms with Gasteiger partial charge in [0, 0.05) is 6.42 Å². The highest BCUT2D eigenvalue weighted by Crippen LogP contribution is 2.27. The summed E-state index contributed by atoms with van der Waals surface area (Å²) in [4.78, 5) is 29.2. The van der Waals surface area contributed by atoms with E-state index in [0.717, 1.165) is 29.8 Å². The average Bonchev–Trinajstić information content (AvgIpc) is 3.13. The largest absolute Gasteiger partial charge is 0.305 e. The first-order valence-electron chi connectivity index (χ1n) is 9.27. The molecule has 1 aliphatic heterocycles. The summed E-state index contributed by atoms with van der Waals surface area (Å²) in [7, 11) is 0. The highest BCUT2D eigenvalue weighted by Gasteiger charge is 2.26. The maximum atomic E-state index is 12.5. The van der Waals surface area contributed by atoms with Crippen molar-refractivity contribution in [2.75, 3.05) is 5.32 Å². The van der Waals surface area contributed by atoms with Crippen LogP contribution in [0.15, 0.2) is 35.3 Å². The second-order valence-electron chi connectivity index (χ2n) is 6.47. The van der Waals surface area contributed by atoms with Gasteiger partial charge < -0.3 is 5.32 Å². The Balaban J connectivity index is 1.60. The van der Waals surface area contributed by atoms with Crippen molar-refractivity contribution < 1.29 is 9.59 Å². The Morgan fingerprint density at radius 1 is 1.36 bits per heavy atom. The van der Waals surface area contributed by atoms with Crippen LogP contribution in [0.1, 0.15) is 49.7 Å². The van der Waals surface area contributed by atoms with Gasteiger partial charge in [0.25, 0.3) is 0 Å². The molecule has 2 N–H and O–H groups in total. The lowest BCUT2D eigenvalue weighted by Gasteiger charge is -2.22. The van der Waals surface area contributed by atoms with Crippen LogP contribution in [0, 0.1) is 0 Å². The Morgan fingerprint density at radius 2 is 2.14 bits per heavy atom. The van der Waals surface area contributed by atoms with Gasteiger partial charge in [0.05, 0.1) is 17.7 Å². The van der Waals surface area contributed by atoms with Crippen molar-refractivity contribution in [1.29, 1.82) is 0 Å². The molecule has 9 heteroatoms. The van der Waals surface area contributed by atoms with Crippen molar-refractivity contribution >= 4 is 45.2 Å². The van der Waals surface area contributed by atoms with Crippen LogP contribution in [-0.4, -0.2) is 32.4 Å². The molecule has 0 radical (unpaired) electrons. The Bertz CT molecular complexity index is 853. The Kier molecular flexibility index (Phi) is 7.16. The lowest BCUT2D eigenvalue weighted by Crippen LogP contribution is -2.36. The molecule has 0 saturated carbocycles. The number of nitrogens with one attached hydrogen (secondary N) is 2. The minimum Gasteiger partial charge on any atom is -0.305 e. The normalized spacial score (nSPS) is 17.6. The molecule has 2 amide bonds. The van der Waals surface area contributed by atoms with Crippen LogP contribution in [0.4, 0.5) is 5.13 Å². The monoisotopic (exact) mass is 417 g/mol. The lowest BCUT2D eigenvalue weighted by atomic mass is 10.0. The van der Waals surface area contributed by atoms with Gasteiger partial charge in [-0.1, -0.05) is 66.8 Å². The summed E-state index contributed by atoms with van der Waals surface area (Å²) in [5.74, 6) is -0.286. The molecule has 2 atom stereocenters.